The molecule has 0 radical (unpaired) electrons. The second-order valence-corrected chi connectivity index (χ2v) is 6.25. The van der Waals surface area contributed by atoms with Crippen LogP contribution in [0.15, 0.2) is 24.3 Å². The molecule has 0 spiro atoms. The van der Waals surface area contributed by atoms with Gasteiger partial charge in [0.2, 0.25) is 0 Å². The summed E-state index contributed by atoms with van der Waals surface area (Å²) < 4.78 is 0. The average Bonchev–Trinajstić information content (AvgIpc) is 2.35. The smallest absolute Gasteiger partial charge is 0.321 e. The van der Waals surface area contributed by atoms with Crippen LogP contribution in [0.4, 0.5) is 10.5 Å². The first kappa shape index (κ1) is 15.8. The fourth-order valence-electron chi connectivity index (χ4n) is 2.96. The van der Waals surface area contributed by atoms with Gasteiger partial charge in [-0.15, -0.1) is 0 Å². The summed E-state index contributed by atoms with van der Waals surface area (Å²) in [5.74, 6) is -0.364. The number of anilines is 1. The SMILES string of the molecule is CC(C)c1ccccc1N(C(=O)Cl)C1CC(CC(=O)O)C1. The Morgan fingerprint density at radius 1 is 1.33 bits per heavy atom. The van der Waals surface area contributed by atoms with Gasteiger partial charge in [0.05, 0.1) is 0 Å². The number of carbonyl (C=O) groups excluding carboxylic acids is 1. The molecule has 21 heavy (non-hydrogen) atoms. The van der Waals surface area contributed by atoms with E-state index < -0.39 is 11.3 Å². The Morgan fingerprint density at radius 2 is 1.95 bits per heavy atom. The topological polar surface area (TPSA) is 57.6 Å². The molecule has 1 N–H and O–H groups in total. The van der Waals surface area contributed by atoms with Crippen LogP contribution in [0.25, 0.3) is 0 Å². The first-order chi connectivity index (χ1) is 9.90. The molecule has 1 aliphatic rings. The van der Waals surface area contributed by atoms with Crippen molar-refractivity contribution in [2.45, 2.75) is 45.1 Å². The molecule has 1 amide bonds. The second-order valence-electron chi connectivity index (χ2n) is 5.93. The van der Waals surface area contributed by atoms with Crippen LogP contribution in [0.2, 0.25) is 0 Å². The third kappa shape index (κ3) is 3.56. The van der Waals surface area contributed by atoms with E-state index in [-0.39, 0.29) is 24.3 Å². The van der Waals surface area contributed by atoms with Crippen molar-refractivity contribution in [1.29, 1.82) is 0 Å². The molecule has 0 bridgehead atoms. The first-order valence-corrected chi connectivity index (χ1v) is 7.57. The fraction of sp³-hybridized carbons (Fsp3) is 0.500. The summed E-state index contributed by atoms with van der Waals surface area (Å²) in [6.45, 7) is 4.15. The zero-order chi connectivity index (χ0) is 15.6. The summed E-state index contributed by atoms with van der Waals surface area (Å²) in [5, 5.41) is 8.31. The van der Waals surface area contributed by atoms with Gasteiger partial charge in [-0.1, -0.05) is 32.0 Å². The van der Waals surface area contributed by atoms with E-state index >= 15 is 0 Å². The van der Waals surface area contributed by atoms with Crippen molar-refractivity contribution in [1.82, 2.24) is 0 Å². The molecule has 1 saturated carbocycles. The van der Waals surface area contributed by atoms with Crippen LogP contribution in [0.5, 0.6) is 0 Å². The van der Waals surface area contributed by atoms with Crippen LogP contribution >= 0.6 is 11.6 Å². The van der Waals surface area contributed by atoms with Gasteiger partial charge in [0.15, 0.2) is 0 Å². The Labute approximate surface area is 129 Å². The van der Waals surface area contributed by atoms with E-state index in [0.717, 1.165) is 11.3 Å². The molecule has 114 valence electrons. The number of hydrogen-bond donors (Lipinski definition) is 1. The fourth-order valence-corrected chi connectivity index (χ4v) is 3.18. The zero-order valence-electron chi connectivity index (χ0n) is 12.3. The van der Waals surface area contributed by atoms with Crippen molar-refractivity contribution >= 4 is 28.6 Å². The van der Waals surface area contributed by atoms with Crippen LogP contribution in [0.3, 0.4) is 0 Å². The molecule has 0 unspecified atom stereocenters. The lowest BCUT2D eigenvalue weighted by atomic mass is 9.77. The maximum Gasteiger partial charge on any atom is 0.321 e. The van der Waals surface area contributed by atoms with Crippen LogP contribution in [-0.4, -0.2) is 22.5 Å². The third-order valence-electron chi connectivity index (χ3n) is 4.05. The van der Waals surface area contributed by atoms with Gasteiger partial charge in [0, 0.05) is 18.2 Å². The number of aliphatic carboxylic acids is 1. The van der Waals surface area contributed by atoms with Gasteiger partial charge in [-0.3, -0.25) is 14.5 Å². The first-order valence-electron chi connectivity index (χ1n) is 7.19. The minimum absolute atomic E-state index is 0.000694. The summed E-state index contributed by atoms with van der Waals surface area (Å²) in [6, 6.07) is 7.74. The van der Waals surface area contributed by atoms with Crippen LogP contribution in [-0.2, 0) is 4.79 Å². The van der Waals surface area contributed by atoms with Gasteiger partial charge in [-0.2, -0.15) is 0 Å². The predicted molar refractivity (Wildman–Crippen MR) is 83.0 cm³/mol. The summed E-state index contributed by atoms with van der Waals surface area (Å²) >= 11 is 5.79. The Balaban J connectivity index is 2.18. The number of para-hydroxylation sites is 1. The minimum Gasteiger partial charge on any atom is -0.481 e. The van der Waals surface area contributed by atoms with Crippen LogP contribution in [0, 0.1) is 5.92 Å². The molecule has 4 nitrogen and oxygen atoms in total. The lowest BCUT2D eigenvalue weighted by Crippen LogP contribution is -2.47. The molecule has 0 aliphatic heterocycles. The molecule has 1 aliphatic carbocycles. The standard InChI is InChI=1S/C16H20ClNO3/c1-10(2)13-5-3-4-6-14(13)18(16(17)21)12-7-11(8-12)9-15(19)20/h3-6,10-12H,7-9H2,1-2H3,(H,19,20). The minimum atomic E-state index is -0.787. The molecule has 0 heterocycles. The van der Waals surface area contributed by atoms with Gasteiger partial charge >= 0.3 is 11.3 Å². The highest BCUT2D eigenvalue weighted by Gasteiger charge is 2.38. The maximum atomic E-state index is 11.9. The van der Waals surface area contributed by atoms with Gasteiger partial charge in [0.25, 0.3) is 0 Å². The van der Waals surface area contributed by atoms with Crippen molar-refractivity contribution in [3.63, 3.8) is 0 Å². The second kappa shape index (κ2) is 6.48. The molecular weight excluding hydrogens is 290 g/mol. The predicted octanol–water partition coefficient (Wildman–Crippen LogP) is 4.23. The number of hydrogen-bond acceptors (Lipinski definition) is 2. The number of carbonyl (C=O) groups is 2. The van der Waals surface area contributed by atoms with E-state index in [1.807, 2.05) is 24.3 Å². The highest BCUT2D eigenvalue weighted by atomic mass is 35.5. The normalized spacial score (nSPS) is 21.0. The number of rotatable bonds is 5. The summed E-state index contributed by atoms with van der Waals surface area (Å²) in [6.07, 6.45) is 1.54. The van der Waals surface area contributed by atoms with Crippen molar-refractivity contribution in [2.75, 3.05) is 4.90 Å². The molecule has 0 atom stereocenters. The Kier molecular flexibility index (Phi) is 4.88. The lowest BCUT2D eigenvalue weighted by Gasteiger charge is -2.42. The average molecular weight is 310 g/mol. The Morgan fingerprint density at radius 3 is 2.48 bits per heavy atom. The molecule has 2 rings (SSSR count). The summed E-state index contributed by atoms with van der Waals surface area (Å²) in [4.78, 5) is 24.2. The van der Waals surface area contributed by atoms with Gasteiger partial charge in [0.1, 0.15) is 0 Å². The quantitative estimate of drug-likeness (QED) is 0.654. The van der Waals surface area contributed by atoms with Crippen LogP contribution < -0.4 is 4.90 Å². The number of nitrogens with zero attached hydrogens (tertiary/aromatic N) is 1. The molecular formula is C16H20ClNO3. The van der Waals surface area contributed by atoms with Crippen molar-refractivity contribution in [3.8, 4) is 0 Å². The third-order valence-corrected chi connectivity index (χ3v) is 4.23. The van der Waals surface area contributed by atoms with Gasteiger partial charge in [-0.25, -0.2) is 0 Å². The molecule has 1 aromatic rings. The number of carboxylic acids is 1. The Hall–Kier alpha value is -1.55. The molecule has 0 aromatic heterocycles. The van der Waals surface area contributed by atoms with Crippen LogP contribution in [0.1, 0.15) is 44.6 Å². The van der Waals surface area contributed by atoms with E-state index in [1.54, 1.807) is 4.90 Å². The number of benzene rings is 1. The van der Waals surface area contributed by atoms with Crippen molar-refractivity contribution in [3.05, 3.63) is 29.8 Å². The molecule has 5 heteroatoms. The summed E-state index contributed by atoms with van der Waals surface area (Å²) in [7, 11) is 0. The number of amides is 1. The Bertz CT molecular complexity index is 538. The monoisotopic (exact) mass is 309 g/mol. The van der Waals surface area contributed by atoms with E-state index in [1.165, 1.54) is 0 Å². The molecule has 1 fully saturated rings. The van der Waals surface area contributed by atoms with Gasteiger partial charge < -0.3 is 5.11 Å². The molecule has 0 saturated heterocycles. The zero-order valence-corrected chi connectivity index (χ0v) is 13.0. The largest absolute Gasteiger partial charge is 0.481 e. The molecule has 1 aromatic carbocycles. The van der Waals surface area contributed by atoms with E-state index in [2.05, 4.69) is 13.8 Å². The lowest BCUT2D eigenvalue weighted by molar-refractivity contribution is -0.138. The number of carboxylic acid groups (broad SMARTS) is 1. The van der Waals surface area contributed by atoms with E-state index in [9.17, 15) is 9.59 Å². The highest BCUT2D eigenvalue weighted by Crippen LogP contribution is 2.39. The van der Waals surface area contributed by atoms with E-state index in [0.29, 0.717) is 12.8 Å². The van der Waals surface area contributed by atoms with Gasteiger partial charge in [-0.05, 0) is 47.9 Å². The van der Waals surface area contributed by atoms with E-state index in [4.69, 9.17) is 16.7 Å². The maximum absolute atomic E-state index is 11.9. The highest BCUT2D eigenvalue weighted by molar-refractivity contribution is 6.66. The number of halogens is 1. The van der Waals surface area contributed by atoms with Crippen molar-refractivity contribution in [2.24, 2.45) is 5.92 Å². The van der Waals surface area contributed by atoms with Crippen molar-refractivity contribution < 1.29 is 14.7 Å². The summed E-state index contributed by atoms with van der Waals surface area (Å²) in [5.41, 5.74) is 1.92.